The summed E-state index contributed by atoms with van der Waals surface area (Å²) in [6.07, 6.45) is 1.67. The van der Waals surface area contributed by atoms with Gasteiger partial charge in [0.25, 0.3) is 11.8 Å². The fourth-order valence-electron chi connectivity index (χ4n) is 2.90. The van der Waals surface area contributed by atoms with Gasteiger partial charge < -0.3 is 21.7 Å². The minimum absolute atomic E-state index is 0.000211. The Kier molecular flexibility index (Phi) is 5.94. The van der Waals surface area contributed by atoms with Gasteiger partial charge in [-0.25, -0.2) is 4.68 Å². The van der Waals surface area contributed by atoms with Crippen molar-refractivity contribution >= 4 is 17.5 Å². The van der Waals surface area contributed by atoms with E-state index >= 15 is 0 Å². The highest BCUT2D eigenvalue weighted by molar-refractivity contribution is 5.96. The van der Waals surface area contributed by atoms with Gasteiger partial charge in [-0.2, -0.15) is 5.10 Å². The molecule has 0 unspecified atom stereocenters. The summed E-state index contributed by atoms with van der Waals surface area (Å²) >= 11 is 0. The number of carbonyl (C=O) groups is 2. The third-order valence-corrected chi connectivity index (χ3v) is 4.66. The molecule has 0 aliphatic heterocycles. The normalized spacial score (nSPS) is 10.6. The molecule has 0 aliphatic rings. The van der Waals surface area contributed by atoms with Crippen LogP contribution in [0.5, 0.6) is 0 Å². The third kappa shape index (κ3) is 4.27. The first-order valence-electron chi connectivity index (χ1n) is 9.24. The fourth-order valence-corrected chi connectivity index (χ4v) is 2.90. The van der Waals surface area contributed by atoms with Gasteiger partial charge in [-0.05, 0) is 42.3 Å². The molecular formula is C21H24N6O2. The Labute approximate surface area is 169 Å². The number of nitrogens with two attached hydrogens (primary N) is 2. The number of hydrogen-bond donors (Lipinski definition) is 3. The van der Waals surface area contributed by atoms with E-state index in [1.165, 1.54) is 0 Å². The molecule has 0 bridgehead atoms. The second-order valence-electron chi connectivity index (χ2n) is 6.52. The summed E-state index contributed by atoms with van der Waals surface area (Å²) < 4.78 is 1.57. The summed E-state index contributed by atoms with van der Waals surface area (Å²) in [4.78, 5) is 25.4. The molecular weight excluding hydrogens is 368 g/mol. The molecule has 1 aromatic heterocycles. The maximum absolute atomic E-state index is 12.2. The van der Waals surface area contributed by atoms with Crippen LogP contribution in [0.25, 0.3) is 16.8 Å². The largest absolute Gasteiger partial charge is 0.369 e. The molecule has 150 valence electrons. The van der Waals surface area contributed by atoms with E-state index in [1.54, 1.807) is 22.8 Å². The molecule has 0 saturated heterocycles. The molecule has 2 amide bonds. The van der Waals surface area contributed by atoms with Crippen molar-refractivity contribution in [3.63, 3.8) is 0 Å². The van der Waals surface area contributed by atoms with Crippen LogP contribution in [-0.4, -0.2) is 46.8 Å². The highest BCUT2D eigenvalue weighted by Crippen LogP contribution is 2.23. The first kappa shape index (κ1) is 20.1. The molecule has 29 heavy (non-hydrogen) atoms. The van der Waals surface area contributed by atoms with Gasteiger partial charge >= 0.3 is 0 Å². The lowest BCUT2D eigenvalue weighted by molar-refractivity contribution is 0.0802. The number of nitrogens with one attached hydrogen (secondary N) is 1. The van der Waals surface area contributed by atoms with Crippen LogP contribution in [-0.2, 0) is 0 Å². The molecule has 8 nitrogen and oxygen atoms in total. The standard InChI is InChI=1S/C21H24N6O2/c1-3-26(2)21(29)16-6-4-14(5-7-16)15-8-10-17(11-9-15)27-12-18(24-13-22)19(25-27)20(23)28/h4-12,24H,3,13,22H2,1-2H3,(H2,23,28). The van der Waals surface area contributed by atoms with Gasteiger partial charge in [0.2, 0.25) is 0 Å². The van der Waals surface area contributed by atoms with Gasteiger partial charge in [-0.3, -0.25) is 9.59 Å². The Balaban J connectivity index is 1.83. The van der Waals surface area contributed by atoms with E-state index in [4.69, 9.17) is 11.5 Å². The van der Waals surface area contributed by atoms with E-state index in [0.717, 1.165) is 16.8 Å². The smallest absolute Gasteiger partial charge is 0.271 e. The van der Waals surface area contributed by atoms with Crippen LogP contribution in [0.2, 0.25) is 0 Å². The van der Waals surface area contributed by atoms with Crippen molar-refractivity contribution in [3.05, 3.63) is 66.0 Å². The van der Waals surface area contributed by atoms with Crippen molar-refractivity contribution in [2.45, 2.75) is 6.92 Å². The summed E-state index contributed by atoms with van der Waals surface area (Å²) in [6.45, 7) is 2.77. The zero-order valence-corrected chi connectivity index (χ0v) is 16.4. The van der Waals surface area contributed by atoms with Gasteiger partial charge in [0.05, 0.1) is 24.2 Å². The van der Waals surface area contributed by atoms with Crippen molar-refractivity contribution < 1.29 is 9.59 Å². The maximum atomic E-state index is 12.2. The van der Waals surface area contributed by atoms with Crippen LogP contribution < -0.4 is 16.8 Å². The molecule has 3 aromatic rings. The Morgan fingerprint density at radius 2 is 1.66 bits per heavy atom. The van der Waals surface area contributed by atoms with Crippen LogP contribution in [0.1, 0.15) is 27.8 Å². The van der Waals surface area contributed by atoms with Crippen LogP contribution in [0.3, 0.4) is 0 Å². The molecule has 0 spiro atoms. The minimum Gasteiger partial charge on any atom is -0.369 e. The van der Waals surface area contributed by atoms with Crippen LogP contribution in [0.4, 0.5) is 5.69 Å². The molecule has 3 rings (SSSR count). The molecule has 1 heterocycles. The van der Waals surface area contributed by atoms with E-state index in [1.807, 2.05) is 55.5 Å². The second-order valence-corrected chi connectivity index (χ2v) is 6.52. The maximum Gasteiger partial charge on any atom is 0.271 e. The van der Waals surface area contributed by atoms with E-state index in [2.05, 4.69) is 10.4 Å². The Bertz CT molecular complexity index is 1010. The van der Waals surface area contributed by atoms with Gasteiger partial charge in [-0.15, -0.1) is 0 Å². The number of aromatic nitrogens is 2. The molecule has 0 aliphatic carbocycles. The van der Waals surface area contributed by atoms with E-state index < -0.39 is 5.91 Å². The summed E-state index contributed by atoms with van der Waals surface area (Å²) in [5, 5.41) is 7.11. The molecule has 0 atom stereocenters. The molecule has 5 N–H and O–H groups in total. The lowest BCUT2D eigenvalue weighted by Crippen LogP contribution is -2.26. The first-order chi connectivity index (χ1) is 13.9. The fraction of sp³-hybridized carbons (Fsp3) is 0.190. The Morgan fingerprint density at radius 3 is 2.17 bits per heavy atom. The predicted molar refractivity (Wildman–Crippen MR) is 113 cm³/mol. The topological polar surface area (TPSA) is 119 Å². The number of primary amides is 1. The number of nitrogens with zero attached hydrogens (tertiary/aromatic N) is 3. The number of rotatable bonds is 7. The summed E-state index contributed by atoms with van der Waals surface area (Å²) in [5.41, 5.74) is 14.9. The zero-order valence-electron chi connectivity index (χ0n) is 16.4. The van der Waals surface area contributed by atoms with Crippen molar-refractivity contribution in [2.24, 2.45) is 11.5 Å². The van der Waals surface area contributed by atoms with E-state index in [-0.39, 0.29) is 18.3 Å². The van der Waals surface area contributed by atoms with Crippen LogP contribution in [0.15, 0.2) is 54.7 Å². The molecule has 2 aromatic carbocycles. The average molecular weight is 392 g/mol. The lowest BCUT2D eigenvalue weighted by Gasteiger charge is -2.14. The van der Waals surface area contributed by atoms with Crippen LogP contribution in [0, 0.1) is 0 Å². The highest BCUT2D eigenvalue weighted by atomic mass is 16.2. The Morgan fingerprint density at radius 1 is 1.07 bits per heavy atom. The van der Waals surface area contributed by atoms with Gasteiger partial charge in [0.15, 0.2) is 5.69 Å². The number of carbonyl (C=O) groups excluding carboxylic acids is 2. The number of amides is 2. The molecule has 8 heteroatoms. The second kappa shape index (κ2) is 8.57. The molecule has 0 saturated carbocycles. The van der Waals surface area contributed by atoms with Gasteiger partial charge in [0, 0.05) is 19.2 Å². The van der Waals surface area contributed by atoms with Crippen molar-refractivity contribution in [1.29, 1.82) is 0 Å². The highest BCUT2D eigenvalue weighted by Gasteiger charge is 2.14. The van der Waals surface area contributed by atoms with Crippen molar-refractivity contribution in [2.75, 3.05) is 25.6 Å². The summed E-state index contributed by atoms with van der Waals surface area (Å²) in [5.74, 6) is -0.625. The van der Waals surface area contributed by atoms with E-state index in [9.17, 15) is 9.59 Å². The first-order valence-corrected chi connectivity index (χ1v) is 9.24. The zero-order chi connectivity index (χ0) is 21.0. The number of benzene rings is 2. The van der Waals surface area contributed by atoms with Crippen molar-refractivity contribution in [3.8, 4) is 16.8 Å². The Hall–Kier alpha value is -3.65. The quantitative estimate of drug-likeness (QED) is 0.532. The average Bonchev–Trinajstić information content (AvgIpc) is 3.17. The predicted octanol–water partition coefficient (Wildman–Crippen LogP) is 2.06. The van der Waals surface area contributed by atoms with Crippen LogP contribution >= 0.6 is 0 Å². The molecule has 0 radical (unpaired) electrons. The monoisotopic (exact) mass is 392 g/mol. The number of hydrogen-bond acceptors (Lipinski definition) is 5. The SMILES string of the molecule is CCN(C)C(=O)c1ccc(-c2ccc(-n3cc(NCN)c(C(N)=O)n3)cc2)cc1. The van der Waals surface area contributed by atoms with Gasteiger partial charge in [-0.1, -0.05) is 24.3 Å². The summed E-state index contributed by atoms with van der Waals surface area (Å²) in [7, 11) is 1.78. The summed E-state index contributed by atoms with van der Waals surface area (Å²) in [6, 6.07) is 15.2. The van der Waals surface area contributed by atoms with Gasteiger partial charge in [0.1, 0.15) is 0 Å². The van der Waals surface area contributed by atoms with Crippen molar-refractivity contribution in [1.82, 2.24) is 14.7 Å². The lowest BCUT2D eigenvalue weighted by atomic mass is 10.0. The molecule has 0 fully saturated rings. The van der Waals surface area contributed by atoms with E-state index in [0.29, 0.717) is 17.8 Å². The third-order valence-electron chi connectivity index (χ3n) is 4.66. The minimum atomic E-state index is -0.625. The number of anilines is 1.